The Kier molecular flexibility index (Phi) is 8.48. The quantitative estimate of drug-likeness (QED) is 0.242. The number of unbranched alkanes of at least 4 members (excludes halogenated alkanes) is 1. The van der Waals surface area contributed by atoms with Crippen LogP contribution in [0.4, 0.5) is 0 Å². The average molecular weight is 491 g/mol. The second kappa shape index (κ2) is 10.8. The number of likely N-dealkylation sites (tertiary alicyclic amines) is 1. The van der Waals surface area contributed by atoms with Crippen molar-refractivity contribution in [1.82, 2.24) is 9.80 Å². The highest BCUT2D eigenvalue weighted by atomic mass is 16.6. The molecule has 1 N–H and O–H groups in total. The van der Waals surface area contributed by atoms with Crippen LogP contribution in [0.1, 0.15) is 59.8 Å². The number of hydrogen-bond donors (Lipinski definition) is 1. The Morgan fingerprint density at radius 3 is 2.69 bits per heavy atom. The maximum atomic E-state index is 14.1. The molecule has 0 aromatic carbocycles. The van der Waals surface area contributed by atoms with Crippen LogP contribution in [0.2, 0.25) is 0 Å². The molecular weight excluding hydrogens is 448 g/mol. The highest BCUT2D eigenvalue weighted by Gasteiger charge is 2.80. The number of ether oxygens (including phenoxy) is 2. The number of fused-ring (bicyclic) bond motifs is 1. The lowest BCUT2D eigenvalue weighted by Gasteiger charge is -2.39. The monoisotopic (exact) mass is 490 g/mol. The molecule has 2 bridgehead atoms. The van der Waals surface area contributed by atoms with Crippen molar-refractivity contribution in [3.8, 4) is 0 Å². The van der Waals surface area contributed by atoms with E-state index in [9.17, 15) is 19.5 Å². The van der Waals surface area contributed by atoms with Gasteiger partial charge in [-0.25, -0.2) is 0 Å². The smallest absolute Gasteiger partial charge is 0.312 e. The minimum absolute atomic E-state index is 0.00708. The Balaban J connectivity index is 2.02. The van der Waals surface area contributed by atoms with Gasteiger partial charge in [0.2, 0.25) is 11.8 Å². The van der Waals surface area contributed by atoms with Crippen LogP contribution in [0.25, 0.3) is 0 Å². The Bertz CT molecular complexity index is 846. The van der Waals surface area contributed by atoms with Gasteiger partial charge in [0.15, 0.2) is 0 Å². The summed E-state index contributed by atoms with van der Waals surface area (Å²) in [4.78, 5) is 44.5. The van der Waals surface area contributed by atoms with Gasteiger partial charge in [0, 0.05) is 19.1 Å². The fourth-order valence-electron chi connectivity index (χ4n) is 6.57. The van der Waals surface area contributed by atoms with Crippen LogP contribution in [0.3, 0.4) is 0 Å². The molecule has 0 radical (unpaired) electrons. The second-order valence-electron chi connectivity index (χ2n) is 10.5. The SMILES string of the molecule is C=CCCCOC(=O)[C@@H]1[C@H]2C(=O)N(CCO)C(C(=O)N(CC=C)C(C)CCC)C23CC(C)[C@@]1(C)O3. The summed E-state index contributed by atoms with van der Waals surface area (Å²) in [5.41, 5.74) is -2.04. The molecule has 0 aliphatic carbocycles. The van der Waals surface area contributed by atoms with Crippen LogP contribution in [0.5, 0.6) is 0 Å². The minimum Gasteiger partial charge on any atom is -0.465 e. The van der Waals surface area contributed by atoms with Gasteiger partial charge in [0.25, 0.3) is 0 Å². The summed E-state index contributed by atoms with van der Waals surface area (Å²) < 4.78 is 12.3. The lowest BCUT2D eigenvalue weighted by atomic mass is 9.62. The molecule has 3 rings (SSSR count). The highest BCUT2D eigenvalue weighted by molar-refractivity contribution is 5.98. The molecule has 8 heteroatoms. The summed E-state index contributed by atoms with van der Waals surface area (Å²) in [6, 6.07) is -0.960. The van der Waals surface area contributed by atoms with Crippen LogP contribution in [0, 0.1) is 17.8 Å². The van der Waals surface area contributed by atoms with E-state index < -0.39 is 35.0 Å². The number of aliphatic hydroxyl groups is 1. The van der Waals surface area contributed by atoms with Crippen LogP contribution in [0.15, 0.2) is 25.3 Å². The minimum atomic E-state index is -1.13. The fraction of sp³-hybridized carbons (Fsp3) is 0.741. The normalized spacial score (nSPS) is 34.0. The van der Waals surface area contributed by atoms with Crippen LogP contribution >= 0.6 is 0 Å². The number of allylic oxidation sites excluding steroid dienone is 1. The van der Waals surface area contributed by atoms with Gasteiger partial charge < -0.3 is 24.4 Å². The van der Waals surface area contributed by atoms with E-state index in [-0.39, 0.29) is 43.5 Å². The Morgan fingerprint density at radius 1 is 1.37 bits per heavy atom. The van der Waals surface area contributed by atoms with Crippen LogP contribution < -0.4 is 0 Å². The first-order valence-electron chi connectivity index (χ1n) is 12.9. The number of hydrogen-bond acceptors (Lipinski definition) is 6. The van der Waals surface area contributed by atoms with Gasteiger partial charge in [-0.1, -0.05) is 32.4 Å². The summed E-state index contributed by atoms with van der Waals surface area (Å²) in [6.45, 7) is 15.8. The van der Waals surface area contributed by atoms with Gasteiger partial charge in [-0.15, -0.1) is 13.2 Å². The lowest BCUT2D eigenvalue weighted by molar-refractivity contribution is -0.162. The molecule has 4 unspecified atom stereocenters. The number of nitrogens with zero attached hydrogens (tertiary/aromatic N) is 2. The summed E-state index contributed by atoms with van der Waals surface area (Å²) in [5.74, 6) is -2.66. The summed E-state index contributed by atoms with van der Waals surface area (Å²) in [7, 11) is 0. The topological polar surface area (TPSA) is 96.4 Å². The van der Waals surface area contributed by atoms with E-state index in [4.69, 9.17) is 9.47 Å². The standard InChI is InChI=1S/C27H42N2O6/c1-7-10-11-16-34-25(33)21-20-23(31)29(14-15-30)22(27(20)17-18(4)26(21,6)35-27)24(32)28(13-9-3)19(5)12-8-2/h7,9,18-22,30H,1,3,8,10-17H2,2,4-6H3/t18?,19?,20-,21-,22?,26+,27?/m0/s1. The number of esters is 1. The van der Waals surface area contributed by atoms with Crippen molar-refractivity contribution in [2.75, 3.05) is 26.3 Å². The number of carbonyl (C=O) groups is 3. The third-order valence-electron chi connectivity index (χ3n) is 8.29. The molecule has 0 aromatic heterocycles. The number of aliphatic hydroxyl groups excluding tert-OH is 1. The third-order valence-corrected chi connectivity index (χ3v) is 8.29. The zero-order chi connectivity index (χ0) is 26.0. The molecule has 3 heterocycles. The van der Waals surface area contributed by atoms with Crippen molar-refractivity contribution in [3.63, 3.8) is 0 Å². The van der Waals surface area contributed by atoms with Crippen molar-refractivity contribution in [1.29, 1.82) is 0 Å². The lowest BCUT2D eigenvalue weighted by Crippen LogP contribution is -2.58. The molecule has 3 fully saturated rings. The average Bonchev–Trinajstić information content (AvgIpc) is 3.32. The summed E-state index contributed by atoms with van der Waals surface area (Å²) in [5, 5.41) is 9.78. The molecule has 7 atom stereocenters. The molecule has 3 aliphatic heterocycles. The van der Waals surface area contributed by atoms with Crippen molar-refractivity contribution < 1.29 is 29.0 Å². The molecule has 3 saturated heterocycles. The van der Waals surface area contributed by atoms with Gasteiger partial charge in [-0.3, -0.25) is 14.4 Å². The fourth-order valence-corrected chi connectivity index (χ4v) is 6.57. The van der Waals surface area contributed by atoms with Gasteiger partial charge in [-0.05, 0) is 45.4 Å². The summed E-state index contributed by atoms with van der Waals surface area (Å²) in [6.07, 6.45) is 7.05. The molecular formula is C27H42N2O6. The van der Waals surface area contributed by atoms with Crippen molar-refractivity contribution in [3.05, 3.63) is 25.3 Å². The van der Waals surface area contributed by atoms with E-state index in [0.717, 1.165) is 19.3 Å². The first kappa shape index (κ1) is 27.4. The molecule has 1 spiro atoms. The van der Waals surface area contributed by atoms with E-state index in [1.165, 1.54) is 4.90 Å². The molecule has 35 heavy (non-hydrogen) atoms. The number of rotatable bonds is 13. The Morgan fingerprint density at radius 2 is 2.09 bits per heavy atom. The van der Waals surface area contributed by atoms with E-state index in [2.05, 4.69) is 20.1 Å². The van der Waals surface area contributed by atoms with Crippen LogP contribution in [-0.4, -0.2) is 82.3 Å². The maximum Gasteiger partial charge on any atom is 0.312 e. The highest BCUT2D eigenvalue weighted by Crippen LogP contribution is 2.65. The molecule has 8 nitrogen and oxygen atoms in total. The first-order valence-corrected chi connectivity index (χ1v) is 12.9. The van der Waals surface area contributed by atoms with Gasteiger partial charge in [0.1, 0.15) is 17.6 Å². The molecule has 0 aromatic rings. The molecule has 2 amide bonds. The predicted octanol–water partition coefficient (Wildman–Crippen LogP) is 2.70. The van der Waals surface area contributed by atoms with Crippen molar-refractivity contribution in [2.45, 2.75) is 83.1 Å². The number of amides is 2. The van der Waals surface area contributed by atoms with Gasteiger partial charge >= 0.3 is 5.97 Å². The number of β-amino-alcohol motifs (C(OH)–C–C–N with tert-alkyl or cyclic N) is 1. The first-order chi connectivity index (χ1) is 16.6. The Hall–Kier alpha value is -2.19. The van der Waals surface area contributed by atoms with Gasteiger partial charge in [0.05, 0.1) is 24.7 Å². The largest absolute Gasteiger partial charge is 0.465 e. The second-order valence-corrected chi connectivity index (χ2v) is 10.5. The molecule has 196 valence electrons. The molecule has 0 saturated carbocycles. The van der Waals surface area contributed by atoms with Crippen LogP contribution in [-0.2, 0) is 23.9 Å². The van der Waals surface area contributed by atoms with E-state index >= 15 is 0 Å². The van der Waals surface area contributed by atoms with E-state index in [1.54, 1.807) is 17.1 Å². The third kappa shape index (κ3) is 4.44. The van der Waals surface area contributed by atoms with Crippen molar-refractivity contribution >= 4 is 17.8 Å². The zero-order valence-electron chi connectivity index (χ0n) is 21.7. The zero-order valence-corrected chi connectivity index (χ0v) is 21.7. The Labute approximate surface area is 209 Å². The number of carbonyl (C=O) groups excluding carboxylic acids is 3. The summed E-state index contributed by atoms with van der Waals surface area (Å²) >= 11 is 0. The maximum absolute atomic E-state index is 14.1. The van der Waals surface area contributed by atoms with E-state index in [1.807, 2.05) is 20.8 Å². The van der Waals surface area contributed by atoms with Gasteiger partial charge in [-0.2, -0.15) is 0 Å². The van der Waals surface area contributed by atoms with E-state index in [0.29, 0.717) is 19.4 Å². The van der Waals surface area contributed by atoms with Crippen molar-refractivity contribution in [2.24, 2.45) is 17.8 Å². The molecule has 3 aliphatic rings. The predicted molar refractivity (Wildman–Crippen MR) is 132 cm³/mol.